The number of carbonyl (C=O) groups is 1. The highest BCUT2D eigenvalue weighted by molar-refractivity contribution is 9.10. The van der Waals surface area contributed by atoms with Gasteiger partial charge in [-0.25, -0.2) is 0 Å². The van der Waals surface area contributed by atoms with Gasteiger partial charge >= 0.3 is 0 Å². The lowest BCUT2D eigenvalue weighted by Gasteiger charge is -2.12. The molecule has 4 heteroatoms. The summed E-state index contributed by atoms with van der Waals surface area (Å²) in [7, 11) is 0. The molecule has 0 spiro atoms. The minimum absolute atomic E-state index is 0.00775. The Kier molecular flexibility index (Phi) is 5.90. The molecule has 3 aromatic carbocycles. The third-order valence-electron chi connectivity index (χ3n) is 3.73. The van der Waals surface area contributed by atoms with E-state index in [9.17, 15) is 4.79 Å². The maximum absolute atomic E-state index is 12.8. The summed E-state index contributed by atoms with van der Waals surface area (Å²) in [5, 5.41) is 0.625. The van der Waals surface area contributed by atoms with Crippen molar-refractivity contribution < 1.29 is 9.53 Å². The highest BCUT2D eigenvalue weighted by Crippen LogP contribution is 2.26. The lowest BCUT2D eigenvalue weighted by atomic mass is 10.0. The van der Waals surface area contributed by atoms with Gasteiger partial charge in [0.1, 0.15) is 12.4 Å². The SMILES string of the molecule is O=C(Cc1cccc(Cl)c1)c1cc(Br)ccc1OCc1ccccc1. The molecule has 0 amide bonds. The average Bonchev–Trinajstić information content (AvgIpc) is 2.61. The molecule has 0 saturated carbocycles. The Morgan fingerprint density at radius 3 is 2.44 bits per heavy atom. The highest BCUT2D eigenvalue weighted by Gasteiger charge is 2.14. The van der Waals surface area contributed by atoms with Gasteiger partial charge in [0.05, 0.1) is 5.56 Å². The molecule has 0 radical (unpaired) electrons. The monoisotopic (exact) mass is 414 g/mol. The number of halogens is 2. The summed E-state index contributed by atoms with van der Waals surface area (Å²) in [5.74, 6) is 0.575. The minimum atomic E-state index is -0.00775. The largest absolute Gasteiger partial charge is 0.488 e. The Morgan fingerprint density at radius 1 is 0.920 bits per heavy atom. The molecule has 0 aromatic heterocycles. The Labute approximate surface area is 160 Å². The first-order chi connectivity index (χ1) is 12.1. The maximum Gasteiger partial charge on any atom is 0.170 e. The van der Waals surface area contributed by atoms with E-state index in [0.717, 1.165) is 15.6 Å². The molecule has 0 fully saturated rings. The number of rotatable bonds is 6. The van der Waals surface area contributed by atoms with Gasteiger partial charge in [-0.1, -0.05) is 70.0 Å². The molecule has 0 unspecified atom stereocenters. The number of hydrogen-bond acceptors (Lipinski definition) is 2. The Bertz CT molecular complexity index is 878. The second kappa shape index (κ2) is 8.32. The van der Waals surface area contributed by atoms with Crippen LogP contribution in [0.15, 0.2) is 77.3 Å². The second-order valence-corrected chi connectivity index (χ2v) is 7.00. The summed E-state index contributed by atoms with van der Waals surface area (Å²) in [6, 6.07) is 22.7. The van der Waals surface area contributed by atoms with E-state index in [2.05, 4.69) is 15.9 Å². The van der Waals surface area contributed by atoms with Crippen LogP contribution in [0.3, 0.4) is 0 Å². The van der Waals surface area contributed by atoms with Crippen molar-refractivity contribution in [1.82, 2.24) is 0 Å². The van der Waals surface area contributed by atoms with Crippen molar-refractivity contribution in [3.8, 4) is 5.75 Å². The van der Waals surface area contributed by atoms with Gasteiger partial charge in [-0.3, -0.25) is 4.79 Å². The quantitative estimate of drug-likeness (QED) is 0.454. The van der Waals surface area contributed by atoms with Gasteiger partial charge in [-0.15, -0.1) is 0 Å². The van der Waals surface area contributed by atoms with Crippen LogP contribution in [0.1, 0.15) is 21.5 Å². The van der Waals surface area contributed by atoms with Crippen LogP contribution >= 0.6 is 27.5 Å². The molecule has 0 aliphatic heterocycles. The van der Waals surface area contributed by atoms with Gasteiger partial charge in [-0.05, 0) is 41.5 Å². The van der Waals surface area contributed by atoms with Crippen molar-refractivity contribution in [2.75, 3.05) is 0 Å². The van der Waals surface area contributed by atoms with E-state index in [4.69, 9.17) is 16.3 Å². The molecule has 3 rings (SSSR count). The maximum atomic E-state index is 12.8. The zero-order chi connectivity index (χ0) is 17.6. The first kappa shape index (κ1) is 17.7. The average molecular weight is 416 g/mol. The summed E-state index contributed by atoms with van der Waals surface area (Å²) in [5.41, 5.74) is 2.50. The van der Waals surface area contributed by atoms with Crippen LogP contribution in [0, 0.1) is 0 Å². The van der Waals surface area contributed by atoms with E-state index in [0.29, 0.717) is 22.9 Å². The topological polar surface area (TPSA) is 26.3 Å². The van der Waals surface area contributed by atoms with Crippen LogP contribution in [0.2, 0.25) is 5.02 Å². The van der Waals surface area contributed by atoms with E-state index in [1.165, 1.54) is 0 Å². The molecule has 0 aliphatic carbocycles. The molecule has 3 aromatic rings. The third kappa shape index (κ3) is 4.94. The molecule has 0 N–H and O–H groups in total. The number of hydrogen-bond donors (Lipinski definition) is 0. The second-order valence-electron chi connectivity index (χ2n) is 5.64. The van der Waals surface area contributed by atoms with E-state index >= 15 is 0 Å². The van der Waals surface area contributed by atoms with E-state index in [1.807, 2.05) is 60.7 Å². The highest BCUT2D eigenvalue weighted by atomic mass is 79.9. The molecule has 0 atom stereocenters. The lowest BCUT2D eigenvalue weighted by molar-refractivity contribution is 0.0988. The molecule has 2 nitrogen and oxygen atoms in total. The summed E-state index contributed by atoms with van der Waals surface area (Å²) >= 11 is 9.43. The number of Topliss-reactive ketones (excluding diaryl/α,β-unsaturated/α-hetero) is 1. The number of ether oxygens (including phenoxy) is 1. The van der Waals surface area contributed by atoms with Crippen molar-refractivity contribution in [3.05, 3.63) is 99.0 Å². The minimum Gasteiger partial charge on any atom is -0.488 e. The number of carbonyl (C=O) groups excluding carboxylic acids is 1. The number of ketones is 1. The van der Waals surface area contributed by atoms with Crippen LogP contribution in [0.5, 0.6) is 5.75 Å². The van der Waals surface area contributed by atoms with Gasteiger partial charge in [-0.2, -0.15) is 0 Å². The molecular weight excluding hydrogens is 400 g/mol. The predicted octanol–water partition coefficient (Wildman–Crippen LogP) is 6.11. The zero-order valence-corrected chi connectivity index (χ0v) is 15.8. The molecular formula is C21H16BrClO2. The van der Waals surface area contributed by atoms with Crippen LogP contribution in [-0.4, -0.2) is 5.78 Å². The van der Waals surface area contributed by atoms with Crippen molar-refractivity contribution in [2.45, 2.75) is 13.0 Å². The van der Waals surface area contributed by atoms with Crippen molar-refractivity contribution in [2.24, 2.45) is 0 Å². The molecule has 0 saturated heterocycles. The Balaban J connectivity index is 1.79. The summed E-state index contributed by atoms with van der Waals surface area (Å²) < 4.78 is 6.73. The Morgan fingerprint density at radius 2 is 1.68 bits per heavy atom. The van der Waals surface area contributed by atoms with Gasteiger partial charge < -0.3 is 4.74 Å². The van der Waals surface area contributed by atoms with E-state index < -0.39 is 0 Å². The standard InChI is InChI=1S/C21H16BrClO2/c22-17-9-10-21(25-14-15-5-2-1-3-6-15)19(13-17)20(24)12-16-7-4-8-18(23)11-16/h1-11,13H,12,14H2. The predicted molar refractivity (Wildman–Crippen MR) is 104 cm³/mol. The van der Waals surface area contributed by atoms with E-state index in [-0.39, 0.29) is 12.2 Å². The first-order valence-corrected chi connectivity index (χ1v) is 9.03. The summed E-state index contributed by atoms with van der Waals surface area (Å²) in [6.45, 7) is 0.417. The zero-order valence-electron chi connectivity index (χ0n) is 13.4. The molecule has 0 bridgehead atoms. The fourth-order valence-electron chi connectivity index (χ4n) is 2.51. The molecule has 126 valence electrons. The van der Waals surface area contributed by atoms with Crippen molar-refractivity contribution >= 4 is 33.3 Å². The number of benzene rings is 3. The lowest BCUT2D eigenvalue weighted by Crippen LogP contribution is -2.07. The summed E-state index contributed by atoms with van der Waals surface area (Å²) in [6.07, 6.45) is 0.276. The van der Waals surface area contributed by atoms with E-state index in [1.54, 1.807) is 12.1 Å². The van der Waals surface area contributed by atoms with Crippen molar-refractivity contribution in [3.63, 3.8) is 0 Å². The molecule has 0 heterocycles. The van der Waals surface area contributed by atoms with Crippen molar-refractivity contribution in [1.29, 1.82) is 0 Å². The smallest absolute Gasteiger partial charge is 0.170 e. The van der Waals surface area contributed by atoms with Gasteiger partial charge in [0.25, 0.3) is 0 Å². The van der Waals surface area contributed by atoms with Crippen LogP contribution in [0.4, 0.5) is 0 Å². The molecule has 0 aliphatic rings. The normalized spacial score (nSPS) is 10.5. The van der Waals surface area contributed by atoms with Gasteiger partial charge in [0, 0.05) is 15.9 Å². The van der Waals surface area contributed by atoms with Gasteiger partial charge in [0.15, 0.2) is 5.78 Å². The van der Waals surface area contributed by atoms with Gasteiger partial charge in [0.2, 0.25) is 0 Å². The third-order valence-corrected chi connectivity index (χ3v) is 4.46. The van der Waals surface area contributed by atoms with Crippen LogP contribution < -0.4 is 4.74 Å². The first-order valence-electron chi connectivity index (χ1n) is 7.86. The van der Waals surface area contributed by atoms with Crippen LogP contribution in [0.25, 0.3) is 0 Å². The van der Waals surface area contributed by atoms with Crippen LogP contribution in [-0.2, 0) is 13.0 Å². The summed E-state index contributed by atoms with van der Waals surface area (Å²) in [4.78, 5) is 12.8. The molecule has 25 heavy (non-hydrogen) atoms. The fourth-order valence-corrected chi connectivity index (χ4v) is 3.08. The fraction of sp³-hybridized carbons (Fsp3) is 0.0952. The Hall–Kier alpha value is -2.10.